The predicted octanol–water partition coefficient (Wildman–Crippen LogP) is 4.83. The van der Waals surface area contributed by atoms with Crippen LogP contribution in [0.5, 0.6) is 11.5 Å². The lowest BCUT2D eigenvalue weighted by Crippen LogP contribution is -2.05. The number of fused-ring (bicyclic) bond motifs is 1. The topological polar surface area (TPSA) is 57.1 Å². The molecule has 0 aromatic heterocycles. The quantitative estimate of drug-likeness (QED) is 0.495. The lowest BCUT2D eigenvalue weighted by atomic mass is 10.1. The Hall–Kier alpha value is -2.02. The van der Waals surface area contributed by atoms with Crippen molar-refractivity contribution in [3.63, 3.8) is 0 Å². The van der Waals surface area contributed by atoms with Gasteiger partial charge in [-0.15, -0.1) is 0 Å². The number of rotatable bonds is 2. The zero-order valence-corrected chi connectivity index (χ0v) is 15.5. The Labute approximate surface area is 160 Å². The minimum atomic E-state index is -0.564. The highest BCUT2D eigenvalue weighted by Crippen LogP contribution is 2.38. The van der Waals surface area contributed by atoms with Crippen molar-refractivity contribution >= 4 is 57.1 Å². The Balaban J connectivity index is 1.72. The Kier molecular flexibility index (Phi) is 4.19. The lowest BCUT2D eigenvalue weighted by Gasteiger charge is -2.02. The molecule has 4 rings (SSSR count). The molecule has 0 unspecified atom stereocenters. The smallest absolute Gasteiger partial charge is 0.363 e. The van der Waals surface area contributed by atoms with E-state index in [0.717, 1.165) is 4.47 Å². The van der Waals surface area contributed by atoms with Crippen molar-refractivity contribution < 1.29 is 19.0 Å². The van der Waals surface area contributed by atoms with E-state index < -0.39 is 5.97 Å². The van der Waals surface area contributed by atoms with Crippen molar-refractivity contribution in [2.45, 2.75) is 0 Å². The molecule has 0 N–H and O–H groups in total. The molecule has 0 amide bonds. The molecule has 2 aliphatic rings. The fourth-order valence-corrected chi connectivity index (χ4v) is 3.30. The average Bonchev–Trinajstić information content (AvgIpc) is 3.14. The number of carbonyl (C=O) groups excluding carboxylic acids is 1. The molecule has 0 spiro atoms. The highest BCUT2D eigenvalue weighted by Gasteiger charge is 2.26. The fraction of sp³-hybridized carbons (Fsp3) is 0.0588. The van der Waals surface area contributed by atoms with E-state index in [1.165, 1.54) is 0 Å². The first-order valence-electron chi connectivity index (χ1n) is 7.08. The SMILES string of the molecule is O=C1OC(c2ccc(Cl)cc2Cl)=NC1=Cc1cc2c(cc1Br)OCO2. The van der Waals surface area contributed by atoms with E-state index in [9.17, 15) is 4.79 Å². The van der Waals surface area contributed by atoms with Crippen molar-refractivity contribution in [1.29, 1.82) is 0 Å². The second-order valence-corrected chi connectivity index (χ2v) is 6.89. The monoisotopic (exact) mass is 439 g/mol. The molecule has 0 saturated heterocycles. The highest BCUT2D eigenvalue weighted by molar-refractivity contribution is 9.10. The Morgan fingerprint density at radius 3 is 2.64 bits per heavy atom. The van der Waals surface area contributed by atoms with Crippen LogP contribution in [0.2, 0.25) is 10.0 Å². The van der Waals surface area contributed by atoms with E-state index >= 15 is 0 Å². The van der Waals surface area contributed by atoms with Crippen molar-refractivity contribution in [3.05, 3.63) is 61.7 Å². The molecule has 0 fully saturated rings. The number of halogens is 3. The van der Waals surface area contributed by atoms with E-state index in [1.54, 1.807) is 36.4 Å². The van der Waals surface area contributed by atoms with Crippen molar-refractivity contribution in [3.8, 4) is 11.5 Å². The van der Waals surface area contributed by atoms with Crippen LogP contribution in [0.1, 0.15) is 11.1 Å². The van der Waals surface area contributed by atoms with Crippen LogP contribution in [0.4, 0.5) is 0 Å². The number of carbonyl (C=O) groups is 1. The van der Waals surface area contributed by atoms with E-state index in [1.807, 2.05) is 0 Å². The summed E-state index contributed by atoms with van der Waals surface area (Å²) in [6.07, 6.45) is 1.60. The first kappa shape index (κ1) is 16.4. The maximum absolute atomic E-state index is 12.1. The number of ether oxygens (including phenoxy) is 3. The van der Waals surface area contributed by atoms with Gasteiger partial charge in [0.15, 0.2) is 17.2 Å². The molecular weight excluding hydrogens is 433 g/mol. The van der Waals surface area contributed by atoms with Gasteiger partial charge < -0.3 is 14.2 Å². The Bertz CT molecular complexity index is 971. The normalized spacial score (nSPS) is 17.0. The number of benzene rings is 2. The molecule has 0 saturated carbocycles. The minimum Gasteiger partial charge on any atom is -0.454 e. The van der Waals surface area contributed by atoms with Crippen molar-refractivity contribution in [2.75, 3.05) is 6.79 Å². The molecular formula is C17H8BrCl2NO4. The number of hydrogen-bond donors (Lipinski definition) is 0. The number of aliphatic imine (C=N–C) groups is 1. The van der Waals surface area contributed by atoms with Gasteiger partial charge in [-0.1, -0.05) is 39.1 Å². The zero-order valence-electron chi connectivity index (χ0n) is 12.4. The lowest BCUT2D eigenvalue weighted by molar-refractivity contribution is -0.129. The molecule has 0 atom stereocenters. The molecule has 5 nitrogen and oxygen atoms in total. The molecule has 0 aliphatic carbocycles. The van der Waals surface area contributed by atoms with Crippen LogP contribution in [0.15, 0.2) is 45.5 Å². The number of esters is 1. The van der Waals surface area contributed by atoms with Crippen molar-refractivity contribution in [1.82, 2.24) is 0 Å². The summed E-state index contributed by atoms with van der Waals surface area (Å²) in [5.41, 5.74) is 1.36. The van der Waals surface area contributed by atoms with Gasteiger partial charge in [0.1, 0.15) is 0 Å². The number of cyclic esters (lactones) is 1. The molecule has 0 radical (unpaired) electrons. The summed E-state index contributed by atoms with van der Waals surface area (Å²) in [4.78, 5) is 16.4. The maximum Gasteiger partial charge on any atom is 0.363 e. The van der Waals surface area contributed by atoms with Crippen LogP contribution in [0, 0.1) is 0 Å². The molecule has 126 valence electrons. The molecule has 25 heavy (non-hydrogen) atoms. The Morgan fingerprint density at radius 2 is 1.88 bits per heavy atom. The fourth-order valence-electron chi connectivity index (χ4n) is 2.38. The predicted molar refractivity (Wildman–Crippen MR) is 97.3 cm³/mol. The molecule has 2 heterocycles. The molecule has 2 aromatic rings. The van der Waals surface area contributed by atoms with Gasteiger partial charge in [0, 0.05) is 9.50 Å². The summed E-state index contributed by atoms with van der Waals surface area (Å²) in [7, 11) is 0. The van der Waals surface area contributed by atoms with Gasteiger partial charge in [-0.2, -0.15) is 0 Å². The summed E-state index contributed by atoms with van der Waals surface area (Å²) in [6, 6.07) is 8.39. The maximum atomic E-state index is 12.1. The molecule has 2 aliphatic heterocycles. The van der Waals surface area contributed by atoms with E-state index in [4.69, 9.17) is 37.4 Å². The van der Waals surface area contributed by atoms with Gasteiger partial charge in [-0.05, 0) is 42.0 Å². The van der Waals surface area contributed by atoms with Crippen LogP contribution in [-0.2, 0) is 9.53 Å². The number of nitrogens with zero attached hydrogens (tertiary/aromatic N) is 1. The van der Waals surface area contributed by atoms with Crippen LogP contribution >= 0.6 is 39.1 Å². The van der Waals surface area contributed by atoms with Gasteiger partial charge in [0.2, 0.25) is 12.7 Å². The van der Waals surface area contributed by atoms with Crippen molar-refractivity contribution in [2.24, 2.45) is 4.99 Å². The van der Waals surface area contributed by atoms with Gasteiger partial charge in [0.25, 0.3) is 0 Å². The third-order valence-corrected chi connectivity index (χ3v) is 4.80. The summed E-state index contributed by atoms with van der Waals surface area (Å²) in [5, 5.41) is 0.836. The summed E-state index contributed by atoms with van der Waals surface area (Å²) in [6.45, 7) is 0.168. The van der Waals surface area contributed by atoms with Crippen LogP contribution < -0.4 is 9.47 Å². The summed E-state index contributed by atoms with van der Waals surface area (Å²) in [5.74, 6) is 0.812. The van der Waals surface area contributed by atoms with Crippen LogP contribution in [0.3, 0.4) is 0 Å². The second-order valence-electron chi connectivity index (χ2n) is 5.19. The third kappa shape index (κ3) is 3.13. The largest absolute Gasteiger partial charge is 0.454 e. The summed E-state index contributed by atoms with van der Waals surface area (Å²) < 4.78 is 16.6. The van der Waals surface area contributed by atoms with Crippen LogP contribution in [-0.4, -0.2) is 18.7 Å². The van der Waals surface area contributed by atoms with Crippen LogP contribution in [0.25, 0.3) is 6.08 Å². The number of hydrogen-bond acceptors (Lipinski definition) is 5. The summed E-state index contributed by atoms with van der Waals surface area (Å²) >= 11 is 15.5. The minimum absolute atomic E-state index is 0.134. The first-order valence-corrected chi connectivity index (χ1v) is 8.63. The zero-order chi connectivity index (χ0) is 17.6. The van der Waals surface area contributed by atoms with Gasteiger partial charge in [-0.3, -0.25) is 0 Å². The molecule has 0 bridgehead atoms. The van der Waals surface area contributed by atoms with E-state index in [0.29, 0.717) is 32.7 Å². The molecule has 8 heteroatoms. The van der Waals surface area contributed by atoms with Gasteiger partial charge in [-0.25, -0.2) is 9.79 Å². The highest BCUT2D eigenvalue weighted by atomic mass is 79.9. The average molecular weight is 441 g/mol. The van der Waals surface area contributed by atoms with Gasteiger partial charge in [0.05, 0.1) is 10.6 Å². The standard InChI is InChI=1S/C17H8BrCl2NO4/c18-11-6-15-14(23-7-24-15)4-8(11)3-13-17(22)25-16(21-13)10-2-1-9(19)5-12(10)20/h1-6H,7H2. The molecule has 2 aromatic carbocycles. The Morgan fingerprint density at radius 1 is 1.12 bits per heavy atom. The van der Waals surface area contributed by atoms with E-state index in [2.05, 4.69) is 20.9 Å². The second kappa shape index (κ2) is 6.37. The van der Waals surface area contributed by atoms with E-state index in [-0.39, 0.29) is 18.4 Å². The van der Waals surface area contributed by atoms with Gasteiger partial charge >= 0.3 is 5.97 Å². The first-order chi connectivity index (χ1) is 12.0. The third-order valence-electron chi connectivity index (χ3n) is 3.57.